The topological polar surface area (TPSA) is 124 Å². The Hall–Kier alpha value is -3.53. The summed E-state index contributed by atoms with van der Waals surface area (Å²) in [6.07, 6.45) is 0.856. The largest absolute Gasteiger partial charge is 0.496 e. The van der Waals surface area contributed by atoms with Crippen LogP contribution in [0.4, 0.5) is 5.69 Å². The van der Waals surface area contributed by atoms with E-state index in [2.05, 4.69) is 26.1 Å². The van der Waals surface area contributed by atoms with Gasteiger partial charge in [0.2, 0.25) is 5.75 Å². The maximum atomic E-state index is 11.4. The molecule has 0 unspecified atom stereocenters. The number of halogens is 1. The van der Waals surface area contributed by atoms with Gasteiger partial charge in [-0.25, -0.2) is 5.10 Å². The highest BCUT2D eigenvalue weighted by Gasteiger charge is 2.21. The number of aldehydes is 1. The Balaban J connectivity index is 1.98. The first-order valence-electron chi connectivity index (χ1n) is 8.23. The van der Waals surface area contributed by atoms with Crippen LogP contribution in [-0.2, 0) is 6.42 Å². The standard InChI is InChI=1S/C19H14BrN3O6/c1-28-17-4-3-14(9-12(17)8-13-2-5-18(25)22-21-13)29-19-15(20)6-11(10-24)7-16(19)23(26)27/h2-7,9-10H,8H2,1H3,(H,22,25). The maximum absolute atomic E-state index is 11.4. The second-order valence-electron chi connectivity index (χ2n) is 5.89. The number of nitrogens with zero attached hydrogens (tertiary/aromatic N) is 2. The third-order valence-corrected chi connectivity index (χ3v) is 4.55. The highest BCUT2D eigenvalue weighted by molar-refractivity contribution is 9.10. The Morgan fingerprint density at radius 2 is 2.03 bits per heavy atom. The van der Waals surface area contributed by atoms with Gasteiger partial charge in [-0.15, -0.1) is 0 Å². The molecule has 0 bridgehead atoms. The average molecular weight is 460 g/mol. The molecular weight excluding hydrogens is 446 g/mol. The molecule has 0 spiro atoms. The lowest BCUT2D eigenvalue weighted by Crippen LogP contribution is -2.08. The summed E-state index contributed by atoms with van der Waals surface area (Å²) in [4.78, 5) is 32.9. The average Bonchev–Trinajstić information content (AvgIpc) is 2.71. The van der Waals surface area contributed by atoms with Crippen LogP contribution < -0.4 is 15.0 Å². The molecular formula is C19H14BrN3O6. The molecule has 3 aromatic rings. The number of H-pyrrole nitrogens is 1. The van der Waals surface area contributed by atoms with Crippen LogP contribution in [0, 0.1) is 10.1 Å². The molecule has 0 aliphatic rings. The fourth-order valence-electron chi connectivity index (χ4n) is 2.65. The van der Waals surface area contributed by atoms with Crippen LogP contribution in [0.15, 0.2) is 51.7 Å². The number of rotatable bonds is 7. The van der Waals surface area contributed by atoms with E-state index in [1.165, 1.54) is 19.2 Å². The Morgan fingerprint density at radius 3 is 2.66 bits per heavy atom. The molecule has 9 nitrogen and oxygen atoms in total. The van der Waals surface area contributed by atoms with Crippen molar-refractivity contribution in [2.45, 2.75) is 6.42 Å². The quantitative estimate of drug-likeness (QED) is 0.324. The predicted octanol–water partition coefficient (Wildman–Crippen LogP) is 3.64. The number of nitro benzene ring substituents is 1. The van der Waals surface area contributed by atoms with E-state index < -0.39 is 4.92 Å². The third-order valence-electron chi connectivity index (χ3n) is 3.96. The molecule has 0 aliphatic heterocycles. The number of carbonyl (C=O) groups is 1. The Morgan fingerprint density at radius 1 is 1.24 bits per heavy atom. The van der Waals surface area contributed by atoms with Crippen molar-refractivity contribution in [3.05, 3.63) is 84.2 Å². The molecule has 0 saturated heterocycles. The van der Waals surface area contributed by atoms with E-state index >= 15 is 0 Å². The number of hydrogen-bond acceptors (Lipinski definition) is 7. The molecule has 3 rings (SSSR count). The van der Waals surface area contributed by atoms with Crippen molar-refractivity contribution >= 4 is 27.9 Å². The van der Waals surface area contributed by atoms with Crippen molar-refractivity contribution in [3.63, 3.8) is 0 Å². The smallest absolute Gasteiger partial charge is 0.313 e. The summed E-state index contributed by atoms with van der Waals surface area (Å²) >= 11 is 3.22. The zero-order valence-corrected chi connectivity index (χ0v) is 16.6. The molecule has 1 heterocycles. The molecule has 29 heavy (non-hydrogen) atoms. The number of carbonyl (C=O) groups excluding carboxylic acids is 1. The lowest BCUT2D eigenvalue weighted by Gasteiger charge is -2.13. The van der Waals surface area contributed by atoms with Crippen molar-refractivity contribution < 1.29 is 19.2 Å². The number of methoxy groups -OCH3 is 1. The minimum Gasteiger partial charge on any atom is -0.496 e. The molecule has 0 atom stereocenters. The zero-order chi connectivity index (χ0) is 21.0. The van der Waals surface area contributed by atoms with Crippen LogP contribution in [0.1, 0.15) is 21.6 Å². The van der Waals surface area contributed by atoms with Crippen molar-refractivity contribution in [3.8, 4) is 17.2 Å². The zero-order valence-electron chi connectivity index (χ0n) is 15.0. The molecule has 2 aromatic carbocycles. The third kappa shape index (κ3) is 4.66. The van der Waals surface area contributed by atoms with Gasteiger partial charge in [-0.2, -0.15) is 5.10 Å². The van der Waals surface area contributed by atoms with Crippen LogP contribution in [-0.4, -0.2) is 28.5 Å². The number of hydrogen-bond donors (Lipinski definition) is 1. The van der Waals surface area contributed by atoms with Crippen molar-refractivity contribution in [2.75, 3.05) is 7.11 Å². The second-order valence-corrected chi connectivity index (χ2v) is 6.75. The van der Waals surface area contributed by atoms with Gasteiger partial charge < -0.3 is 9.47 Å². The summed E-state index contributed by atoms with van der Waals surface area (Å²) in [5.41, 5.74) is 0.792. The summed E-state index contributed by atoms with van der Waals surface area (Å²) in [5, 5.41) is 17.7. The number of benzene rings is 2. The van der Waals surface area contributed by atoms with Crippen LogP contribution >= 0.6 is 15.9 Å². The molecule has 0 fully saturated rings. The molecule has 1 N–H and O–H groups in total. The van der Waals surface area contributed by atoms with Gasteiger partial charge in [0.15, 0.2) is 0 Å². The van der Waals surface area contributed by atoms with Gasteiger partial charge in [0.1, 0.15) is 17.8 Å². The molecule has 0 aliphatic carbocycles. The lowest BCUT2D eigenvalue weighted by molar-refractivity contribution is -0.385. The molecule has 0 saturated carbocycles. The minimum atomic E-state index is -0.623. The van der Waals surface area contributed by atoms with Gasteiger partial charge in [-0.3, -0.25) is 19.7 Å². The van der Waals surface area contributed by atoms with Gasteiger partial charge in [-0.1, -0.05) is 0 Å². The van der Waals surface area contributed by atoms with Gasteiger partial charge >= 0.3 is 5.69 Å². The highest BCUT2D eigenvalue weighted by atomic mass is 79.9. The fraction of sp³-hybridized carbons (Fsp3) is 0.105. The first kappa shape index (κ1) is 20.2. The Labute approximate surface area is 172 Å². The van der Waals surface area contributed by atoms with Gasteiger partial charge in [-0.05, 0) is 46.3 Å². The van der Waals surface area contributed by atoms with E-state index in [1.54, 1.807) is 24.3 Å². The number of aromatic amines is 1. The summed E-state index contributed by atoms with van der Waals surface area (Å²) in [5.74, 6) is 0.863. The first-order valence-corrected chi connectivity index (χ1v) is 9.03. The summed E-state index contributed by atoms with van der Waals surface area (Å²) in [7, 11) is 1.51. The van der Waals surface area contributed by atoms with E-state index in [0.717, 1.165) is 6.07 Å². The van der Waals surface area contributed by atoms with Crippen LogP contribution in [0.5, 0.6) is 17.2 Å². The maximum Gasteiger partial charge on any atom is 0.313 e. The van der Waals surface area contributed by atoms with E-state index in [0.29, 0.717) is 35.5 Å². The summed E-state index contributed by atoms with van der Waals surface area (Å²) in [6.45, 7) is 0. The van der Waals surface area contributed by atoms with Gasteiger partial charge in [0.05, 0.1) is 22.2 Å². The predicted molar refractivity (Wildman–Crippen MR) is 107 cm³/mol. The van der Waals surface area contributed by atoms with E-state index in [1.807, 2.05) is 0 Å². The van der Waals surface area contributed by atoms with E-state index in [-0.39, 0.29) is 27.0 Å². The normalized spacial score (nSPS) is 10.4. The van der Waals surface area contributed by atoms with Crippen molar-refractivity contribution in [1.29, 1.82) is 0 Å². The molecule has 0 amide bonds. The van der Waals surface area contributed by atoms with Crippen LogP contribution in [0.2, 0.25) is 0 Å². The Kier molecular flexibility index (Phi) is 6.03. The van der Waals surface area contributed by atoms with Gasteiger partial charge in [0, 0.05) is 29.7 Å². The molecule has 148 valence electrons. The SMILES string of the molecule is COc1ccc(Oc2c(Br)cc(C=O)cc2[N+](=O)[O-])cc1Cc1ccc(=O)[nH]n1. The molecule has 1 aromatic heterocycles. The fourth-order valence-corrected chi connectivity index (χ4v) is 3.19. The molecule has 10 heteroatoms. The number of aromatic nitrogens is 2. The van der Waals surface area contributed by atoms with Gasteiger partial charge in [0.25, 0.3) is 5.56 Å². The first-order chi connectivity index (χ1) is 13.9. The van der Waals surface area contributed by atoms with Crippen LogP contribution in [0.25, 0.3) is 0 Å². The van der Waals surface area contributed by atoms with Crippen molar-refractivity contribution in [2.24, 2.45) is 0 Å². The number of nitrogens with one attached hydrogen (secondary N) is 1. The summed E-state index contributed by atoms with van der Waals surface area (Å²) in [6, 6.07) is 10.5. The number of nitro groups is 1. The highest BCUT2D eigenvalue weighted by Crippen LogP contribution is 2.40. The number of ether oxygens (including phenoxy) is 2. The Bertz CT molecular complexity index is 1120. The minimum absolute atomic E-state index is 0.0288. The summed E-state index contributed by atoms with van der Waals surface area (Å²) < 4.78 is 11.4. The van der Waals surface area contributed by atoms with Crippen molar-refractivity contribution in [1.82, 2.24) is 10.2 Å². The van der Waals surface area contributed by atoms with E-state index in [4.69, 9.17) is 9.47 Å². The second kappa shape index (κ2) is 8.65. The van der Waals surface area contributed by atoms with Crippen LogP contribution in [0.3, 0.4) is 0 Å². The van der Waals surface area contributed by atoms with E-state index in [9.17, 15) is 19.7 Å². The molecule has 0 radical (unpaired) electrons. The lowest BCUT2D eigenvalue weighted by atomic mass is 10.1. The monoisotopic (exact) mass is 459 g/mol.